The van der Waals surface area contributed by atoms with E-state index in [1.165, 1.54) is 0 Å². The Hall–Kier alpha value is -1.75. The minimum atomic E-state index is -0.481. The van der Waals surface area contributed by atoms with Gasteiger partial charge in [-0.25, -0.2) is 4.79 Å². The molecule has 3 amide bonds. The minimum Gasteiger partial charge on any atom is -0.338 e. The molecule has 2 rings (SSSR count). The first-order chi connectivity index (χ1) is 10.5. The lowest BCUT2D eigenvalue weighted by Gasteiger charge is -2.39. The normalized spacial score (nSPS) is 18.5. The molecule has 1 fully saturated rings. The molecule has 6 heteroatoms. The molecule has 120 valence electrons. The molecule has 0 bridgehead atoms. The monoisotopic (exact) mass is 323 g/mol. The van der Waals surface area contributed by atoms with Crippen LogP contribution in [0, 0.1) is 6.92 Å². The molecule has 1 aliphatic rings. The Balaban J connectivity index is 2.12. The van der Waals surface area contributed by atoms with Crippen LogP contribution in [0.15, 0.2) is 18.2 Å². The van der Waals surface area contributed by atoms with Crippen molar-refractivity contribution in [2.45, 2.75) is 33.2 Å². The van der Waals surface area contributed by atoms with Crippen LogP contribution < -0.4 is 10.2 Å². The highest BCUT2D eigenvalue weighted by Crippen LogP contribution is 2.25. The van der Waals surface area contributed by atoms with E-state index in [4.69, 9.17) is 11.6 Å². The summed E-state index contributed by atoms with van der Waals surface area (Å²) in [6.07, 6.45) is 0.871. The van der Waals surface area contributed by atoms with Crippen LogP contribution in [-0.4, -0.2) is 42.5 Å². The number of halogens is 1. The van der Waals surface area contributed by atoms with E-state index in [-0.39, 0.29) is 11.9 Å². The van der Waals surface area contributed by atoms with E-state index >= 15 is 0 Å². The Morgan fingerprint density at radius 1 is 1.41 bits per heavy atom. The molecule has 1 saturated heterocycles. The van der Waals surface area contributed by atoms with Crippen LogP contribution in [0.5, 0.6) is 0 Å². The standard InChI is InChI=1S/C16H22ClN3O2/c1-4-7-18-16(22)19-8-9-20(15(21)12(19)3)13-6-5-11(2)14(17)10-13/h5-6,10,12H,4,7-9H2,1-3H3,(H,18,22)/t12-/m1/s1. The number of carbonyl (C=O) groups excluding carboxylic acids is 2. The molecule has 1 atom stereocenters. The second-order valence-corrected chi connectivity index (χ2v) is 5.93. The van der Waals surface area contributed by atoms with Crippen LogP contribution in [0.1, 0.15) is 25.8 Å². The summed E-state index contributed by atoms with van der Waals surface area (Å²) in [6.45, 7) is 7.28. The highest BCUT2D eigenvalue weighted by molar-refractivity contribution is 6.31. The van der Waals surface area contributed by atoms with Crippen LogP contribution in [0.25, 0.3) is 0 Å². The predicted octanol–water partition coefficient (Wildman–Crippen LogP) is 2.81. The second kappa shape index (κ2) is 7.01. The van der Waals surface area contributed by atoms with E-state index in [1.807, 2.05) is 26.0 Å². The molecular weight excluding hydrogens is 302 g/mol. The number of nitrogens with one attached hydrogen (secondary N) is 1. The first-order valence-corrected chi connectivity index (χ1v) is 7.95. The van der Waals surface area contributed by atoms with Crippen LogP contribution >= 0.6 is 11.6 Å². The maximum absolute atomic E-state index is 12.6. The van der Waals surface area contributed by atoms with Crippen molar-refractivity contribution in [1.82, 2.24) is 10.2 Å². The summed E-state index contributed by atoms with van der Waals surface area (Å²) in [5.74, 6) is -0.0854. The Bertz CT molecular complexity index is 577. The summed E-state index contributed by atoms with van der Waals surface area (Å²) in [6, 6.07) is 4.93. The number of piperazine rings is 1. The van der Waals surface area contributed by atoms with Crippen molar-refractivity contribution in [3.05, 3.63) is 28.8 Å². The van der Waals surface area contributed by atoms with Gasteiger partial charge in [0.1, 0.15) is 6.04 Å². The van der Waals surface area contributed by atoms with E-state index < -0.39 is 6.04 Å². The van der Waals surface area contributed by atoms with E-state index in [1.54, 1.807) is 22.8 Å². The molecule has 1 aromatic carbocycles. The highest BCUT2D eigenvalue weighted by Gasteiger charge is 2.34. The zero-order valence-corrected chi connectivity index (χ0v) is 14.0. The van der Waals surface area contributed by atoms with Gasteiger partial charge in [0.2, 0.25) is 5.91 Å². The van der Waals surface area contributed by atoms with Gasteiger partial charge in [-0.2, -0.15) is 0 Å². The van der Waals surface area contributed by atoms with Crippen molar-refractivity contribution in [2.75, 3.05) is 24.5 Å². The number of nitrogens with zero attached hydrogens (tertiary/aromatic N) is 2. The van der Waals surface area contributed by atoms with Crippen LogP contribution in [0.3, 0.4) is 0 Å². The summed E-state index contributed by atoms with van der Waals surface area (Å²) in [5, 5.41) is 3.46. The molecule has 0 radical (unpaired) electrons. The Morgan fingerprint density at radius 3 is 2.77 bits per heavy atom. The summed E-state index contributed by atoms with van der Waals surface area (Å²) in [4.78, 5) is 27.9. The van der Waals surface area contributed by atoms with Gasteiger partial charge < -0.3 is 15.1 Å². The topological polar surface area (TPSA) is 52.7 Å². The lowest BCUT2D eigenvalue weighted by molar-refractivity contribution is -0.124. The van der Waals surface area contributed by atoms with Gasteiger partial charge in [0.05, 0.1) is 0 Å². The summed E-state index contributed by atoms with van der Waals surface area (Å²) < 4.78 is 0. The summed E-state index contributed by atoms with van der Waals surface area (Å²) in [5.41, 5.74) is 1.75. The quantitative estimate of drug-likeness (QED) is 0.930. The molecule has 0 aromatic heterocycles. The van der Waals surface area contributed by atoms with Crippen molar-refractivity contribution >= 4 is 29.2 Å². The summed E-state index contributed by atoms with van der Waals surface area (Å²) in [7, 11) is 0. The SMILES string of the molecule is CCCNC(=O)N1CCN(c2ccc(C)c(Cl)c2)C(=O)[C@H]1C. The molecular formula is C16H22ClN3O2. The molecule has 0 saturated carbocycles. The van der Waals surface area contributed by atoms with Gasteiger partial charge in [-0.15, -0.1) is 0 Å². The Morgan fingerprint density at radius 2 is 2.14 bits per heavy atom. The number of hydrogen-bond acceptors (Lipinski definition) is 2. The number of benzene rings is 1. The number of carbonyl (C=O) groups is 2. The van der Waals surface area contributed by atoms with Crippen molar-refractivity contribution in [1.29, 1.82) is 0 Å². The number of hydrogen-bond donors (Lipinski definition) is 1. The molecule has 0 unspecified atom stereocenters. The maximum atomic E-state index is 12.6. The van der Waals surface area contributed by atoms with Gasteiger partial charge in [0.25, 0.3) is 0 Å². The lowest BCUT2D eigenvalue weighted by atomic mass is 10.1. The van der Waals surface area contributed by atoms with Gasteiger partial charge in [-0.3, -0.25) is 4.79 Å². The number of aryl methyl sites for hydroxylation is 1. The molecule has 1 aromatic rings. The largest absolute Gasteiger partial charge is 0.338 e. The molecule has 5 nitrogen and oxygen atoms in total. The number of rotatable bonds is 3. The van der Waals surface area contributed by atoms with Crippen molar-refractivity contribution < 1.29 is 9.59 Å². The predicted molar refractivity (Wildman–Crippen MR) is 88.4 cm³/mol. The highest BCUT2D eigenvalue weighted by atomic mass is 35.5. The fourth-order valence-corrected chi connectivity index (χ4v) is 2.66. The fourth-order valence-electron chi connectivity index (χ4n) is 2.49. The first-order valence-electron chi connectivity index (χ1n) is 7.57. The van der Waals surface area contributed by atoms with E-state index in [0.717, 1.165) is 17.7 Å². The average molecular weight is 324 g/mol. The van der Waals surface area contributed by atoms with Gasteiger partial charge >= 0.3 is 6.03 Å². The first kappa shape index (κ1) is 16.6. The maximum Gasteiger partial charge on any atom is 0.318 e. The van der Waals surface area contributed by atoms with Crippen LogP contribution in [0.4, 0.5) is 10.5 Å². The second-order valence-electron chi connectivity index (χ2n) is 5.52. The zero-order chi connectivity index (χ0) is 16.3. The van der Waals surface area contributed by atoms with Gasteiger partial charge in [0.15, 0.2) is 0 Å². The van der Waals surface area contributed by atoms with Crippen LogP contribution in [0.2, 0.25) is 5.02 Å². The molecule has 0 spiro atoms. The van der Waals surface area contributed by atoms with Crippen molar-refractivity contribution in [3.8, 4) is 0 Å². The van der Waals surface area contributed by atoms with Gasteiger partial charge in [0, 0.05) is 30.3 Å². The fraction of sp³-hybridized carbons (Fsp3) is 0.500. The Labute approximate surface area is 136 Å². The smallest absolute Gasteiger partial charge is 0.318 e. The third kappa shape index (κ3) is 3.35. The van der Waals surface area contributed by atoms with Gasteiger partial charge in [-0.1, -0.05) is 24.6 Å². The van der Waals surface area contributed by atoms with E-state index in [9.17, 15) is 9.59 Å². The van der Waals surface area contributed by atoms with E-state index in [2.05, 4.69) is 5.32 Å². The minimum absolute atomic E-state index is 0.0854. The van der Waals surface area contributed by atoms with Crippen LogP contribution in [-0.2, 0) is 4.79 Å². The van der Waals surface area contributed by atoms with Crippen molar-refractivity contribution in [3.63, 3.8) is 0 Å². The number of amides is 3. The number of anilines is 1. The third-order valence-corrected chi connectivity index (χ3v) is 4.32. The Kier molecular flexibility index (Phi) is 5.29. The summed E-state index contributed by atoms with van der Waals surface area (Å²) >= 11 is 6.14. The number of urea groups is 1. The van der Waals surface area contributed by atoms with E-state index in [0.29, 0.717) is 24.7 Å². The zero-order valence-electron chi connectivity index (χ0n) is 13.2. The van der Waals surface area contributed by atoms with Gasteiger partial charge in [-0.05, 0) is 38.0 Å². The third-order valence-electron chi connectivity index (χ3n) is 3.91. The molecule has 1 heterocycles. The molecule has 1 aliphatic heterocycles. The molecule has 0 aliphatic carbocycles. The lowest BCUT2D eigenvalue weighted by Crippen LogP contribution is -2.59. The average Bonchev–Trinajstić information content (AvgIpc) is 2.50. The van der Waals surface area contributed by atoms with Crippen molar-refractivity contribution in [2.24, 2.45) is 0 Å². The molecule has 22 heavy (non-hydrogen) atoms. The molecule has 1 N–H and O–H groups in total.